The van der Waals surface area contributed by atoms with Crippen LogP contribution in [0.1, 0.15) is 25.7 Å². The summed E-state index contributed by atoms with van der Waals surface area (Å²) < 4.78 is 0. The van der Waals surface area contributed by atoms with Crippen LogP contribution in [-0.2, 0) is 0 Å². The molecule has 1 rings (SSSR count). The lowest BCUT2D eigenvalue weighted by atomic mass is 9.86. The highest BCUT2D eigenvalue weighted by molar-refractivity contribution is 5.86. The quantitative estimate of drug-likeness (QED) is 0.234. The van der Waals surface area contributed by atoms with Crippen molar-refractivity contribution >= 4 is 5.84 Å². The van der Waals surface area contributed by atoms with Crippen LogP contribution < -0.4 is 5.73 Å². The standard InChI is InChI=1S/C7H14N2O2/c8-6(9-11)7(5-10)3-1-2-4-7/h10-11H,1-5H2,(H2,8,9). The third-order valence-corrected chi connectivity index (χ3v) is 2.51. The number of oxime groups is 1. The van der Waals surface area contributed by atoms with Crippen molar-refractivity contribution in [3.63, 3.8) is 0 Å². The molecule has 0 radical (unpaired) electrons. The minimum atomic E-state index is -0.422. The van der Waals surface area contributed by atoms with Gasteiger partial charge < -0.3 is 16.0 Å². The summed E-state index contributed by atoms with van der Waals surface area (Å²) in [6.45, 7) is -0.0110. The van der Waals surface area contributed by atoms with Gasteiger partial charge in [-0.05, 0) is 12.8 Å². The molecule has 4 nitrogen and oxygen atoms in total. The molecule has 0 aromatic rings. The second-order valence-corrected chi connectivity index (χ2v) is 3.13. The monoisotopic (exact) mass is 158 g/mol. The summed E-state index contributed by atoms with van der Waals surface area (Å²) in [5.41, 5.74) is 5.04. The van der Waals surface area contributed by atoms with Crippen LogP contribution in [0.5, 0.6) is 0 Å². The molecule has 0 saturated heterocycles. The molecular formula is C7H14N2O2. The Morgan fingerprint density at radius 2 is 2.00 bits per heavy atom. The summed E-state index contributed by atoms with van der Waals surface area (Å²) in [6, 6.07) is 0. The molecule has 0 amide bonds. The van der Waals surface area contributed by atoms with E-state index >= 15 is 0 Å². The number of amidine groups is 1. The van der Waals surface area contributed by atoms with Gasteiger partial charge in [-0.15, -0.1) is 0 Å². The van der Waals surface area contributed by atoms with E-state index in [1.807, 2.05) is 0 Å². The third kappa shape index (κ3) is 1.30. The van der Waals surface area contributed by atoms with E-state index in [1.54, 1.807) is 0 Å². The van der Waals surface area contributed by atoms with Gasteiger partial charge in [0.25, 0.3) is 0 Å². The van der Waals surface area contributed by atoms with Gasteiger partial charge in [0.2, 0.25) is 0 Å². The van der Waals surface area contributed by atoms with Crippen LogP contribution in [0.2, 0.25) is 0 Å². The van der Waals surface area contributed by atoms with Gasteiger partial charge in [0.1, 0.15) is 5.84 Å². The molecule has 0 atom stereocenters. The average molecular weight is 158 g/mol. The van der Waals surface area contributed by atoms with E-state index in [9.17, 15) is 0 Å². The van der Waals surface area contributed by atoms with Crippen molar-refractivity contribution in [3.05, 3.63) is 0 Å². The maximum atomic E-state index is 9.05. The first-order valence-corrected chi connectivity index (χ1v) is 3.84. The fourth-order valence-corrected chi connectivity index (χ4v) is 1.65. The molecule has 0 aromatic carbocycles. The van der Waals surface area contributed by atoms with E-state index in [4.69, 9.17) is 16.0 Å². The van der Waals surface area contributed by atoms with Gasteiger partial charge in [-0.3, -0.25) is 0 Å². The number of hydrogen-bond acceptors (Lipinski definition) is 3. The van der Waals surface area contributed by atoms with Crippen LogP contribution in [0.15, 0.2) is 5.16 Å². The highest BCUT2D eigenvalue weighted by atomic mass is 16.4. The molecule has 0 spiro atoms. The van der Waals surface area contributed by atoms with Crippen LogP contribution in [0, 0.1) is 5.41 Å². The Morgan fingerprint density at radius 3 is 2.36 bits per heavy atom. The highest BCUT2D eigenvalue weighted by Gasteiger charge is 2.37. The summed E-state index contributed by atoms with van der Waals surface area (Å²) in [6.07, 6.45) is 3.77. The van der Waals surface area contributed by atoms with Crippen molar-refractivity contribution in [2.75, 3.05) is 6.61 Å². The number of nitrogens with two attached hydrogens (primary N) is 1. The maximum Gasteiger partial charge on any atom is 0.147 e. The minimum Gasteiger partial charge on any atom is -0.409 e. The second-order valence-electron chi connectivity index (χ2n) is 3.13. The van der Waals surface area contributed by atoms with Crippen LogP contribution in [-0.4, -0.2) is 22.8 Å². The second kappa shape index (κ2) is 3.09. The lowest BCUT2D eigenvalue weighted by molar-refractivity contribution is 0.182. The van der Waals surface area contributed by atoms with Crippen LogP contribution in [0.25, 0.3) is 0 Å². The van der Waals surface area contributed by atoms with E-state index in [-0.39, 0.29) is 12.4 Å². The smallest absolute Gasteiger partial charge is 0.147 e. The van der Waals surface area contributed by atoms with E-state index < -0.39 is 5.41 Å². The number of hydrogen-bond donors (Lipinski definition) is 3. The predicted molar refractivity (Wildman–Crippen MR) is 41.4 cm³/mol. The lowest BCUT2D eigenvalue weighted by Gasteiger charge is -2.23. The molecule has 4 heteroatoms. The zero-order valence-corrected chi connectivity index (χ0v) is 6.45. The van der Waals surface area contributed by atoms with Gasteiger partial charge in [-0.25, -0.2) is 0 Å². The molecule has 1 fully saturated rings. The molecule has 1 aliphatic carbocycles. The van der Waals surface area contributed by atoms with E-state index in [2.05, 4.69) is 5.16 Å². The van der Waals surface area contributed by atoms with Gasteiger partial charge in [0.15, 0.2) is 0 Å². The van der Waals surface area contributed by atoms with Crippen molar-refractivity contribution in [1.82, 2.24) is 0 Å². The molecule has 0 heterocycles. The van der Waals surface area contributed by atoms with Gasteiger partial charge in [0.05, 0.1) is 12.0 Å². The fraction of sp³-hybridized carbons (Fsp3) is 0.857. The Labute approximate surface area is 65.7 Å². The molecule has 0 bridgehead atoms. The third-order valence-electron chi connectivity index (χ3n) is 2.51. The average Bonchev–Trinajstić information content (AvgIpc) is 2.52. The normalized spacial score (nSPS) is 23.9. The first-order chi connectivity index (χ1) is 5.25. The molecule has 11 heavy (non-hydrogen) atoms. The van der Waals surface area contributed by atoms with Gasteiger partial charge in [-0.1, -0.05) is 18.0 Å². The number of aliphatic hydroxyl groups is 1. The summed E-state index contributed by atoms with van der Waals surface area (Å²) >= 11 is 0. The van der Waals surface area contributed by atoms with Gasteiger partial charge >= 0.3 is 0 Å². The number of aliphatic hydroxyl groups excluding tert-OH is 1. The molecule has 0 aromatic heterocycles. The Kier molecular flexibility index (Phi) is 2.34. The van der Waals surface area contributed by atoms with Crippen molar-refractivity contribution in [1.29, 1.82) is 0 Å². The first kappa shape index (κ1) is 8.33. The minimum absolute atomic E-state index is 0.0110. The van der Waals surface area contributed by atoms with Crippen LogP contribution >= 0.6 is 0 Å². The fourth-order valence-electron chi connectivity index (χ4n) is 1.65. The van der Waals surface area contributed by atoms with Gasteiger partial charge in [0, 0.05) is 0 Å². The molecule has 4 N–H and O–H groups in total. The van der Waals surface area contributed by atoms with Gasteiger partial charge in [-0.2, -0.15) is 0 Å². The number of rotatable bonds is 2. The van der Waals surface area contributed by atoms with Crippen molar-refractivity contribution < 1.29 is 10.3 Å². The summed E-state index contributed by atoms with van der Waals surface area (Å²) in [7, 11) is 0. The Hall–Kier alpha value is -0.770. The molecule has 0 unspecified atom stereocenters. The molecular weight excluding hydrogens is 144 g/mol. The highest BCUT2D eigenvalue weighted by Crippen LogP contribution is 2.37. The zero-order chi connectivity index (χ0) is 8.32. The molecule has 1 aliphatic rings. The number of nitrogens with zero attached hydrogens (tertiary/aromatic N) is 1. The molecule has 0 aliphatic heterocycles. The van der Waals surface area contributed by atoms with E-state index in [1.165, 1.54) is 0 Å². The molecule has 64 valence electrons. The topological polar surface area (TPSA) is 78.8 Å². The van der Waals surface area contributed by atoms with Crippen LogP contribution in [0.4, 0.5) is 0 Å². The lowest BCUT2D eigenvalue weighted by Crippen LogP contribution is -2.38. The maximum absolute atomic E-state index is 9.05. The summed E-state index contributed by atoms with van der Waals surface area (Å²) in [5.74, 6) is 0.178. The Bertz CT molecular complexity index is 162. The predicted octanol–water partition coefficient (Wildman–Crippen LogP) is 0.285. The van der Waals surface area contributed by atoms with Crippen molar-refractivity contribution in [2.45, 2.75) is 25.7 Å². The Balaban J connectivity index is 2.74. The van der Waals surface area contributed by atoms with E-state index in [0.717, 1.165) is 25.7 Å². The summed E-state index contributed by atoms with van der Waals surface area (Å²) in [5, 5.41) is 20.4. The van der Waals surface area contributed by atoms with Crippen LogP contribution in [0.3, 0.4) is 0 Å². The van der Waals surface area contributed by atoms with E-state index in [0.29, 0.717) is 0 Å². The SMILES string of the molecule is N/C(=N\O)C1(CO)CCCC1. The first-order valence-electron chi connectivity index (χ1n) is 3.84. The Morgan fingerprint density at radius 1 is 1.45 bits per heavy atom. The largest absolute Gasteiger partial charge is 0.409 e. The molecule has 1 saturated carbocycles. The summed E-state index contributed by atoms with van der Waals surface area (Å²) in [4.78, 5) is 0. The van der Waals surface area contributed by atoms with Crippen molar-refractivity contribution in [3.8, 4) is 0 Å². The zero-order valence-electron chi connectivity index (χ0n) is 6.45. The van der Waals surface area contributed by atoms with Crippen molar-refractivity contribution in [2.24, 2.45) is 16.3 Å².